The molecular formula is C11H17NO. The van der Waals surface area contributed by atoms with Crippen molar-refractivity contribution >= 4 is 5.91 Å². The molecule has 3 rings (SSSR count). The molecule has 3 aliphatic rings. The van der Waals surface area contributed by atoms with Crippen molar-refractivity contribution in [2.45, 2.75) is 38.6 Å². The van der Waals surface area contributed by atoms with Gasteiger partial charge in [0, 0.05) is 18.5 Å². The average molecular weight is 179 g/mol. The van der Waals surface area contributed by atoms with Crippen LogP contribution < -0.4 is 0 Å². The van der Waals surface area contributed by atoms with E-state index in [0.717, 1.165) is 18.9 Å². The number of nitrogens with zero attached hydrogens (tertiary/aromatic N) is 1. The lowest BCUT2D eigenvalue weighted by Gasteiger charge is -2.27. The number of likely N-dealkylation sites (tertiary alicyclic amines) is 1. The molecule has 2 bridgehead atoms. The molecule has 4 atom stereocenters. The Morgan fingerprint density at radius 2 is 2.08 bits per heavy atom. The Bertz CT molecular complexity index is 250. The van der Waals surface area contributed by atoms with Crippen LogP contribution in [0.3, 0.4) is 0 Å². The largest absolute Gasteiger partial charge is 0.339 e. The molecule has 0 aromatic rings. The summed E-state index contributed by atoms with van der Waals surface area (Å²) in [6.45, 7) is 3.27. The summed E-state index contributed by atoms with van der Waals surface area (Å²) >= 11 is 0. The monoisotopic (exact) mass is 179 g/mol. The lowest BCUT2D eigenvalue weighted by molar-refractivity contribution is -0.134. The fourth-order valence-corrected chi connectivity index (χ4v) is 3.07. The van der Waals surface area contributed by atoms with E-state index in [1.807, 2.05) is 0 Å². The second-order valence-electron chi connectivity index (χ2n) is 5.14. The molecule has 0 aromatic carbocycles. The van der Waals surface area contributed by atoms with Crippen LogP contribution in [0.25, 0.3) is 0 Å². The highest BCUT2D eigenvalue weighted by Crippen LogP contribution is 2.44. The van der Waals surface area contributed by atoms with Gasteiger partial charge in [0.2, 0.25) is 5.91 Å². The van der Waals surface area contributed by atoms with Crippen LogP contribution in [0.2, 0.25) is 0 Å². The van der Waals surface area contributed by atoms with Crippen LogP contribution in [0.1, 0.15) is 32.6 Å². The van der Waals surface area contributed by atoms with Crippen molar-refractivity contribution in [3.8, 4) is 0 Å². The lowest BCUT2D eigenvalue weighted by atomic mass is 10.1. The van der Waals surface area contributed by atoms with Crippen molar-refractivity contribution in [3.63, 3.8) is 0 Å². The Morgan fingerprint density at radius 3 is 2.54 bits per heavy atom. The zero-order valence-corrected chi connectivity index (χ0v) is 8.20. The second kappa shape index (κ2) is 2.49. The van der Waals surface area contributed by atoms with Gasteiger partial charge in [-0.15, -0.1) is 0 Å². The third kappa shape index (κ3) is 1.11. The maximum atomic E-state index is 11.9. The maximum absolute atomic E-state index is 11.9. The molecule has 1 amide bonds. The van der Waals surface area contributed by atoms with Gasteiger partial charge in [-0.05, 0) is 37.5 Å². The van der Waals surface area contributed by atoms with Crippen molar-refractivity contribution in [3.05, 3.63) is 0 Å². The van der Waals surface area contributed by atoms with Crippen LogP contribution in [-0.4, -0.2) is 23.4 Å². The number of carbonyl (C=O) groups excluding carboxylic acids is 1. The Balaban J connectivity index is 1.69. The first-order valence-electron chi connectivity index (χ1n) is 5.56. The summed E-state index contributed by atoms with van der Waals surface area (Å²) < 4.78 is 0. The summed E-state index contributed by atoms with van der Waals surface area (Å²) in [4.78, 5) is 14.1. The molecule has 72 valence electrons. The van der Waals surface area contributed by atoms with Crippen molar-refractivity contribution in [2.75, 3.05) is 6.54 Å². The van der Waals surface area contributed by atoms with E-state index in [-0.39, 0.29) is 0 Å². The van der Waals surface area contributed by atoms with Crippen LogP contribution in [0, 0.1) is 17.8 Å². The smallest absolute Gasteiger partial charge is 0.226 e. The minimum absolute atomic E-state index is 0.402. The SMILES string of the molecule is C[C@H]1C[C@@H]1C(=O)N1CC2CCC1C2. The third-order valence-corrected chi connectivity index (χ3v) is 4.12. The molecule has 2 unspecified atom stereocenters. The molecule has 2 nitrogen and oxygen atoms in total. The van der Waals surface area contributed by atoms with Crippen molar-refractivity contribution in [2.24, 2.45) is 17.8 Å². The quantitative estimate of drug-likeness (QED) is 0.599. The first kappa shape index (κ1) is 7.84. The Hall–Kier alpha value is -0.530. The molecule has 0 N–H and O–H groups in total. The molecule has 1 heterocycles. The van der Waals surface area contributed by atoms with Crippen molar-refractivity contribution < 1.29 is 4.79 Å². The molecule has 2 heteroatoms. The first-order valence-corrected chi connectivity index (χ1v) is 5.56. The molecule has 0 radical (unpaired) electrons. The number of hydrogen-bond acceptors (Lipinski definition) is 1. The Kier molecular flexibility index (Phi) is 1.50. The van der Waals surface area contributed by atoms with Gasteiger partial charge in [-0.2, -0.15) is 0 Å². The Morgan fingerprint density at radius 1 is 1.31 bits per heavy atom. The Labute approximate surface area is 79.3 Å². The van der Waals surface area contributed by atoms with E-state index in [2.05, 4.69) is 11.8 Å². The fourth-order valence-electron chi connectivity index (χ4n) is 3.07. The van der Waals surface area contributed by atoms with E-state index >= 15 is 0 Å². The number of hydrogen-bond donors (Lipinski definition) is 0. The number of amides is 1. The van der Waals surface area contributed by atoms with Crippen LogP contribution >= 0.6 is 0 Å². The second-order valence-corrected chi connectivity index (χ2v) is 5.14. The highest BCUT2D eigenvalue weighted by atomic mass is 16.2. The van der Waals surface area contributed by atoms with Crippen molar-refractivity contribution in [1.82, 2.24) is 4.90 Å². The summed E-state index contributed by atoms with van der Waals surface area (Å²) in [7, 11) is 0. The molecule has 1 aliphatic heterocycles. The zero-order valence-electron chi connectivity index (χ0n) is 8.20. The number of fused-ring (bicyclic) bond motifs is 2. The standard InChI is InChI=1S/C11H17NO/c1-7-4-10(7)11(13)12-6-8-2-3-9(12)5-8/h7-10H,2-6H2,1H3/t7-,8?,9?,10-/m0/s1. The highest BCUT2D eigenvalue weighted by molar-refractivity contribution is 5.82. The zero-order chi connectivity index (χ0) is 9.00. The van der Waals surface area contributed by atoms with Gasteiger partial charge in [-0.25, -0.2) is 0 Å². The average Bonchev–Trinajstić information content (AvgIpc) is 2.62. The van der Waals surface area contributed by atoms with Gasteiger partial charge in [0.25, 0.3) is 0 Å². The van der Waals surface area contributed by atoms with Crippen LogP contribution in [0.4, 0.5) is 0 Å². The van der Waals surface area contributed by atoms with E-state index in [1.165, 1.54) is 19.3 Å². The van der Waals surface area contributed by atoms with Crippen LogP contribution in [-0.2, 0) is 4.79 Å². The maximum Gasteiger partial charge on any atom is 0.226 e. The summed E-state index contributed by atoms with van der Waals surface area (Å²) in [5.41, 5.74) is 0. The third-order valence-electron chi connectivity index (χ3n) is 4.12. The van der Waals surface area contributed by atoms with E-state index in [4.69, 9.17) is 0 Å². The van der Waals surface area contributed by atoms with E-state index in [1.54, 1.807) is 0 Å². The molecule has 0 aromatic heterocycles. The van der Waals surface area contributed by atoms with Crippen molar-refractivity contribution in [1.29, 1.82) is 0 Å². The highest BCUT2D eigenvalue weighted by Gasteiger charge is 2.47. The summed E-state index contributed by atoms with van der Waals surface area (Å²) in [6, 6.07) is 0.630. The van der Waals surface area contributed by atoms with Gasteiger partial charge >= 0.3 is 0 Å². The van der Waals surface area contributed by atoms with Crippen LogP contribution in [0.5, 0.6) is 0 Å². The first-order chi connectivity index (χ1) is 6.25. The van der Waals surface area contributed by atoms with E-state index in [0.29, 0.717) is 23.8 Å². The molecule has 2 aliphatic carbocycles. The molecule has 0 spiro atoms. The van der Waals surface area contributed by atoms with Gasteiger partial charge < -0.3 is 4.90 Å². The van der Waals surface area contributed by atoms with E-state index in [9.17, 15) is 4.79 Å². The summed E-state index contributed by atoms with van der Waals surface area (Å²) in [6.07, 6.45) is 5.09. The minimum atomic E-state index is 0.402. The fraction of sp³-hybridized carbons (Fsp3) is 0.909. The molecule has 13 heavy (non-hydrogen) atoms. The van der Waals surface area contributed by atoms with E-state index < -0.39 is 0 Å². The normalized spacial score (nSPS) is 47.0. The molecular weight excluding hydrogens is 162 g/mol. The van der Waals surface area contributed by atoms with Crippen LogP contribution in [0.15, 0.2) is 0 Å². The number of rotatable bonds is 1. The topological polar surface area (TPSA) is 20.3 Å². The van der Waals surface area contributed by atoms with Gasteiger partial charge in [-0.1, -0.05) is 6.92 Å². The molecule has 2 saturated carbocycles. The van der Waals surface area contributed by atoms with Gasteiger partial charge in [-0.3, -0.25) is 4.79 Å². The predicted molar refractivity (Wildman–Crippen MR) is 50.1 cm³/mol. The molecule has 3 fully saturated rings. The minimum Gasteiger partial charge on any atom is -0.339 e. The molecule has 1 saturated heterocycles. The predicted octanol–water partition coefficient (Wildman–Crippen LogP) is 1.65. The van der Waals surface area contributed by atoms with Gasteiger partial charge in [0.1, 0.15) is 0 Å². The van der Waals surface area contributed by atoms with Gasteiger partial charge in [0.05, 0.1) is 0 Å². The number of piperidine rings is 1. The summed E-state index contributed by atoms with van der Waals surface area (Å²) in [5.74, 6) is 2.40. The van der Waals surface area contributed by atoms with Gasteiger partial charge in [0.15, 0.2) is 0 Å². The lowest BCUT2D eigenvalue weighted by Crippen LogP contribution is -2.38. The number of carbonyl (C=O) groups is 1. The summed E-state index contributed by atoms with van der Waals surface area (Å²) in [5, 5.41) is 0.